The van der Waals surface area contributed by atoms with Crippen molar-refractivity contribution >= 4 is 32.6 Å². The number of nitrogens with zero attached hydrogens (tertiary/aromatic N) is 3. The van der Waals surface area contributed by atoms with Crippen molar-refractivity contribution in [3.63, 3.8) is 0 Å². The number of nitrogen functional groups attached to an aromatic ring is 1. The molecule has 4 rings (SSSR count). The first-order valence-corrected chi connectivity index (χ1v) is 10.1. The minimum atomic E-state index is -0.998. The molecule has 0 spiro atoms. The molecule has 1 aliphatic heterocycles. The summed E-state index contributed by atoms with van der Waals surface area (Å²) in [5.41, 5.74) is 7.10. The summed E-state index contributed by atoms with van der Waals surface area (Å²) in [4.78, 5) is 21.4. The van der Waals surface area contributed by atoms with Crippen LogP contribution in [0.1, 0.15) is 22.3 Å². The molecule has 146 valence electrons. The van der Waals surface area contributed by atoms with Crippen molar-refractivity contribution in [2.24, 2.45) is 0 Å². The fourth-order valence-corrected chi connectivity index (χ4v) is 4.90. The number of carbonyl (C=O) groups is 1. The SMILES string of the molecule is CN(C)[C@@H]1CN(C(=O)c2cccc3nc(N)sc23)CC[C@]1(O)c1ccccc1. The summed E-state index contributed by atoms with van der Waals surface area (Å²) in [6, 6.07) is 15.0. The van der Waals surface area contributed by atoms with Gasteiger partial charge in [0.15, 0.2) is 5.13 Å². The third kappa shape index (κ3) is 3.15. The lowest BCUT2D eigenvalue weighted by Gasteiger charge is -2.47. The number of amides is 1. The number of aromatic nitrogens is 1. The Labute approximate surface area is 168 Å². The molecule has 0 radical (unpaired) electrons. The molecule has 0 saturated carbocycles. The van der Waals surface area contributed by atoms with E-state index in [1.165, 1.54) is 11.3 Å². The van der Waals surface area contributed by atoms with Gasteiger partial charge in [0.05, 0.1) is 21.8 Å². The van der Waals surface area contributed by atoms with Crippen LogP contribution in [0.25, 0.3) is 10.2 Å². The van der Waals surface area contributed by atoms with Crippen molar-refractivity contribution in [1.29, 1.82) is 0 Å². The number of carbonyl (C=O) groups excluding carboxylic acids is 1. The summed E-state index contributed by atoms with van der Waals surface area (Å²) in [6.07, 6.45) is 0.479. The van der Waals surface area contributed by atoms with E-state index in [2.05, 4.69) is 4.98 Å². The van der Waals surface area contributed by atoms with Gasteiger partial charge in [0.25, 0.3) is 5.91 Å². The van der Waals surface area contributed by atoms with Gasteiger partial charge in [-0.2, -0.15) is 0 Å². The molecule has 2 aromatic carbocycles. The van der Waals surface area contributed by atoms with Gasteiger partial charge < -0.3 is 20.6 Å². The van der Waals surface area contributed by atoms with Crippen LogP contribution in [0.15, 0.2) is 48.5 Å². The lowest BCUT2D eigenvalue weighted by molar-refractivity contribution is -0.0810. The third-order valence-electron chi connectivity index (χ3n) is 5.55. The maximum absolute atomic E-state index is 13.3. The Morgan fingerprint density at radius 3 is 2.71 bits per heavy atom. The maximum Gasteiger partial charge on any atom is 0.255 e. The molecule has 2 heterocycles. The molecule has 1 aromatic heterocycles. The highest BCUT2D eigenvalue weighted by Gasteiger charge is 2.45. The van der Waals surface area contributed by atoms with Crippen LogP contribution >= 0.6 is 11.3 Å². The second-order valence-corrected chi connectivity index (χ2v) is 8.51. The van der Waals surface area contributed by atoms with Crippen LogP contribution < -0.4 is 5.73 Å². The smallest absolute Gasteiger partial charge is 0.255 e. The second-order valence-electron chi connectivity index (χ2n) is 7.48. The summed E-state index contributed by atoms with van der Waals surface area (Å²) in [5.74, 6) is -0.0452. The molecule has 1 aliphatic rings. The van der Waals surface area contributed by atoms with Crippen LogP contribution in [0.4, 0.5) is 5.13 Å². The van der Waals surface area contributed by atoms with Crippen molar-refractivity contribution in [3.05, 3.63) is 59.7 Å². The van der Waals surface area contributed by atoms with Crippen molar-refractivity contribution in [2.75, 3.05) is 32.9 Å². The monoisotopic (exact) mass is 396 g/mol. The number of hydrogen-bond donors (Lipinski definition) is 2. The number of nitrogens with two attached hydrogens (primary N) is 1. The highest BCUT2D eigenvalue weighted by Crippen LogP contribution is 2.36. The van der Waals surface area contributed by atoms with Crippen LogP contribution in [0.5, 0.6) is 0 Å². The fraction of sp³-hybridized carbons (Fsp3) is 0.333. The van der Waals surface area contributed by atoms with Gasteiger partial charge in [-0.3, -0.25) is 4.79 Å². The summed E-state index contributed by atoms with van der Waals surface area (Å²) in [7, 11) is 3.88. The first kappa shape index (κ1) is 18.9. The number of likely N-dealkylation sites (tertiary alicyclic amines) is 1. The Balaban J connectivity index is 1.65. The van der Waals surface area contributed by atoms with Gasteiger partial charge in [0.2, 0.25) is 0 Å². The Hall–Kier alpha value is -2.48. The van der Waals surface area contributed by atoms with Crippen LogP contribution in [0, 0.1) is 0 Å². The van der Waals surface area contributed by atoms with E-state index in [1.54, 1.807) is 0 Å². The fourth-order valence-electron chi connectivity index (χ4n) is 4.07. The summed E-state index contributed by atoms with van der Waals surface area (Å²) >= 11 is 1.33. The number of fused-ring (bicyclic) bond motifs is 1. The van der Waals surface area contributed by atoms with Crippen LogP contribution in [-0.2, 0) is 5.60 Å². The number of hydrogen-bond acceptors (Lipinski definition) is 6. The molecule has 2 atom stereocenters. The molecule has 3 N–H and O–H groups in total. The third-order valence-corrected chi connectivity index (χ3v) is 6.49. The minimum Gasteiger partial charge on any atom is -0.383 e. The molecule has 7 heteroatoms. The average molecular weight is 397 g/mol. The van der Waals surface area contributed by atoms with Crippen LogP contribution in [-0.4, -0.2) is 59.0 Å². The summed E-state index contributed by atoms with van der Waals surface area (Å²) < 4.78 is 0.815. The quantitative estimate of drug-likeness (QED) is 0.711. The Morgan fingerprint density at radius 2 is 2.00 bits per heavy atom. The zero-order valence-corrected chi connectivity index (χ0v) is 16.8. The van der Waals surface area contributed by atoms with Crippen molar-refractivity contribution in [3.8, 4) is 0 Å². The van der Waals surface area contributed by atoms with E-state index in [9.17, 15) is 9.90 Å². The number of piperidine rings is 1. The second kappa shape index (κ2) is 7.16. The number of thiazole rings is 1. The molecule has 3 aromatic rings. The first-order valence-electron chi connectivity index (χ1n) is 9.29. The Kier molecular flexibility index (Phi) is 4.82. The van der Waals surface area contributed by atoms with E-state index in [-0.39, 0.29) is 11.9 Å². The largest absolute Gasteiger partial charge is 0.383 e. The zero-order chi connectivity index (χ0) is 19.9. The molecule has 1 amide bonds. The van der Waals surface area contributed by atoms with Gasteiger partial charge in [0, 0.05) is 13.1 Å². The molecule has 1 saturated heterocycles. The standard InChI is InChI=1S/C21H24N4O2S/c1-24(2)17-13-25(12-11-21(17,27)14-7-4-3-5-8-14)19(26)15-9-6-10-16-18(15)28-20(22)23-16/h3-10,17,27H,11-13H2,1-2H3,(H2,22,23)/t17-,21+/m1/s1. The van der Waals surface area contributed by atoms with E-state index in [4.69, 9.17) is 5.73 Å². The van der Waals surface area contributed by atoms with Crippen LogP contribution in [0.3, 0.4) is 0 Å². The van der Waals surface area contributed by atoms with Gasteiger partial charge in [-0.05, 0) is 38.2 Å². The van der Waals surface area contributed by atoms with Crippen molar-refractivity contribution < 1.29 is 9.90 Å². The van der Waals surface area contributed by atoms with E-state index in [0.717, 1.165) is 15.8 Å². The molecular weight excluding hydrogens is 372 g/mol. The van der Waals surface area contributed by atoms with Crippen LogP contribution in [0.2, 0.25) is 0 Å². The number of anilines is 1. The molecule has 6 nitrogen and oxygen atoms in total. The number of aliphatic hydroxyl groups is 1. The van der Waals surface area contributed by atoms with Crippen molar-refractivity contribution in [1.82, 2.24) is 14.8 Å². The summed E-state index contributed by atoms with van der Waals surface area (Å²) in [6.45, 7) is 0.932. The van der Waals surface area contributed by atoms with E-state index in [1.807, 2.05) is 72.4 Å². The summed E-state index contributed by atoms with van der Waals surface area (Å²) in [5, 5.41) is 12.0. The van der Waals surface area contributed by atoms with Gasteiger partial charge in [-0.25, -0.2) is 4.98 Å². The lowest BCUT2D eigenvalue weighted by atomic mass is 9.79. The molecule has 0 bridgehead atoms. The highest BCUT2D eigenvalue weighted by molar-refractivity contribution is 7.22. The maximum atomic E-state index is 13.3. The molecule has 28 heavy (non-hydrogen) atoms. The van der Waals surface area contributed by atoms with Crippen molar-refractivity contribution in [2.45, 2.75) is 18.1 Å². The Morgan fingerprint density at radius 1 is 1.25 bits per heavy atom. The van der Waals surface area contributed by atoms with E-state index < -0.39 is 5.60 Å². The molecular formula is C21H24N4O2S. The number of likely N-dealkylation sites (N-methyl/N-ethyl adjacent to an activating group) is 1. The first-order chi connectivity index (χ1) is 13.4. The number of rotatable bonds is 3. The van der Waals surface area contributed by atoms with Gasteiger partial charge in [-0.1, -0.05) is 47.7 Å². The molecule has 1 fully saturated rings. The average Bonchev–Trinajstić information content (AvgIpc) is 3.08. The predicted molar refractivity (Wildman–Crippen MR) is 112 cm³/mol. The molecule has 0 aliphatic carbocycles. The lowest BCUT2D eigenvalue weighted by Crippen LogP contribution is -2.60. The topological polar surface area (TPSA) is 82.7 Å². The highest BCUT2D eigenvalue weighted by atomic mass is 32.1. The van der Waals surface area contributed by atoms with Gasteiger partial charge >= 0.3 is 0 Å². The van der Waals surface area contributed by atoms with Gasteiger partial charge in [-0.15, -0.1) is 0 Å². The van der Waals surface area contributed by atoms with E-state index in [0.29, 0.717) is 30.2 Å². The van der Waals surface area contributed by atoms with Gasteiger partial charge in [0.1, 0.15) is 5.60 Å². The molecule has 0 unspecified atom stereocenters. The minimum absolute atomic E-state index is 0.0452. The zero-order valence-electron chi connectivity index (χ0n) is 16.0. The Bertz CT molecular complexity index is 1000. The predicted octanol–water partition coefficient (Wildman–Crippen LogP) is 2.54. The normalized spacial score (nSPS) is 22.7. The van der Waals surface area contributed by atoms with E-state index >= 15 is 0 Å². The number of benzene rings is 2.